The molecule has 0 heterocycles. The van der Waals surface area contributed by atoms with Crippen molar-refractivity contribution >= 4 is 6.21 Å². The first-order chi connectivity index (χ1) is 5.57. The summed E-state index contributed by atoms with van der Waals surface area (Å²) in [5, 5.41) is 0. The Balaban J connectivity index is 3.67. The molecule has 12 heavy (non-hydrogen) atoms. The first-order valence-electron chi connectivity index (χ1n) is 4.30. The molecule has 0 aliphatic carbocycles. The van der Waals surface area contributed by atoms with E-state index in [2.05, 4.69) is 32.3 Å². The third kappa shape index (κ3) is 4.94. The van der Waals surface area contributed by atoms with Gasteiger partial charge < -0.3 is 4.74 Å². The first-order valence-corrected chi connectivity index (χ1v) is 4.30. The molecule has 1 unspecified atom stereocenters. The van der Waals surface area contributed by atoms with Gasteiger partial charge in [-0.25, -0.2) is 0 Å². The lowest BCUT2D eigenvalue weighted by Crippen LogP contribution is -2.07. The zero-order chi connectivity index (χ0) is 9.56. The van der Waals surface area contributed by atoms with Crippen LogP contribution in [0.3, 0.4) is 0 Å². The van der Waals surface area contributed by atoms with E-state index in [4.69, 9.17) is 4.74 Å². The predicted molar refractivity (Wildman–Crippen MR) is 53.5 cm³/mol. The van der Waals surface area contributed by atoms with E-state index in [0.717, 1.165) is 6.54 Å². The molecular formula is C10H19NO. The predicted octanol–water partition coefficient (Wildman–Crippen LogP) is 2.51. The van der Waals surface area contributed by atoms with Crippen LogP contribution in [0, 0.1) is 11.8 Å². The van der Waals surface area contributed by atoms with Gasteiger partial charge in [0.2, 0.25) is 0 Å². The Bertz CT molecular complexity index is 161. The molecule has 0 aliphatic heterocycles. The number of nitrogens with zero attached hydrogens (tertiary/aromatic N) is 1. The maximum atomic E-state index is 4.85. The van der Waals surface area contributed by atoms with Gasteiger partial charge in [-0.3, -0.25) is 4.99 Å². The average molecular weight is 169 g/mol. The third-order valence-electron chi connectivity index (χ3n) is 2.03. The molecule has 2 heteroatoms. The second-order valence-electron chi connectivity index (χ2n) is 3.39. The van der Waals surface area contributed by atoms with E-state index in [1.54, 1.807) is 13.3 Å². The summed E-state index contributed by atoms with van der Waals surface area (Å²) >= 11 is 0. The molecule has 2 nitrogen and oxygen atoms in total. The van der Waals surface area contributed by atoms with Crippen LogP contribution in [-0.4, -0.2) is 19.9 Å². The van der Waals surface area contributed by atoms with Crippen LogP contribution in [0.1, 0.15) is 20.8 Å². The molecule has 0 fully saturated rings. The maximum absolute atomic E-state index is 4.85. The van der Waals surface area contributed by atoms with Crippen LogP contribution < -0.4 is 0 Å². The van der Waals surface area contributed by atoms with Crippen molar-refractivity contribution in [2.75, 3.05) is 13.7 Å². The Morgan fingerprint density at radius 3 is 2.50 bits per heavy atom. The highest BCUT2D eigenvalue weighted by Crippen LogP contribution is 2.09. The van der Waals surface area contributed by atoms with Crippen molar-refractivity contribution < 1.29 is 4.74 Å². The van der Waals surface area contributed by atoms with Crippen molar-refractivity contribution in [3.63, 3.8) is 0 Å². The fourth-order valence-electron chi connectivity index (χ4n) is 0.584. The van der Waals surface area contributed by atoms with E-state index in [1.165, 1.54) is 0 Å². The van der Waals surface area contributed by atoms with Crippen molar-refractivity contribution in [1.29, 1.82) is 0 Å². The average Bonchev–Trinajstić information content (AvgIpc) is 2.03. The number of hydrogen-bond donors (Lipinski definition) is 0. The molecule has 0 bridgehead atoms. The molecular weight excluding hydrogens is 150 g/mol. The van der Waals surface area contributed by atoms with Crippen molar-refractivity contribution in [3.8, 4) is 0 Å². The van der Waals surface area contributed by atoms with E-state index in [9.17, 15) is 0 Å². The normalized spacial score (nSPS) is 13.8. The van der Waals surface area contributed by atoms with Gasteiger partial charge in [0.25, 0.3) is 0 Å². The highest BCUT2D eigenvalue weighted by Gasteiger charge is 2.04. The van der Waals surface area contributed by atoms with Gasteiger partial charge in [-0.2, -0.15) is 0 Å². The van der Waals surface area contributed by atoms with Crippen molar-refractivity contribution in [2.24, 2.45) is 16.8 Å². The summed E-state index contributed by atoms with van der Waals surface area (Å²) in [5.74, 6) is 1.91. The standard InChI is InChI=1S/C10H19NO/c1-8(2)9(3)6-11-7-10(4)12-5/h7-9H,4,6H2,1-3,5H3. The summed E-state index contributed by atoms with van der Waals surface area (Å²) in [7, 11) is 1.60. The molecule has 1 atom stereocenters. The van der Waals surface area contributed by atoms with Gasteiger partial charge >= 0.3 is 0 Å². The van der Waals surface area contributed by atoms with Crippen molar-refractivity contribution in [2.45, 2.75) is 20.8 Å². The summed E-state index contributed by atoms with van der Waals surface area (Å²) in [4.78, 5) is 4.21. The van der Waals surface area contributed by atoms with Crippen LogP contribution in [0.5, 0.6) is 0 Å². The SMILES string of the molecule is C=C(C=NCC(C)C(C)C)OC. The molecule has 0 saturated carbocycles. The first kappa shape index (κ1) is 11.2. The Hall–Kier alpha value is -0.790. The van der Waals surface area contributed by atoms with Gasteiger partial charge in [0.1, 0.15) is 5.76 Å². The number of ether oxygens (including phenoxy) is 1. The van der Waals surface area contributed by atoms with E-state index >= 15 is 0 Å². The Morgan fingerprint density at radius 2 is 2.08 bits per heavy atom. The maximum Gasteiger partial charge on any atom is 0.129 e. The highest BCUT2D eigenvalue weighted by molar-refractivity contribution is 5.74. The summed E-state index contributed by atoms with van der Waals surface area (Å²) in [5.41, 5.74) is 0. The van der Waals surface area contributed by atoms with E-state index in [-0.39, 0.29) is 0 Å². The lowest BCUT2D eigenvalue weighted by molar-refractivity contribution is 0.318. The molecule has 0 radical (unpaired) electrons. The van der Waals surface area contributed by atoms with Crippen molar-refractivity contribution in [1.82, 2.24) is 0 Å². The van der Waals surface area contributed by atoms with Crippen molar-refractivity contribution in [3.05, 3.63) is 12.3 Å². The molecule has 0 amide bonds. The Kier molecular flexibility index (Phi) is 5.43. The quantitative estimate of drug-likeness (QED) is 0.458. The zero-order valence-electron chi connectivity index (χ0n) is 8.50. The zero-order valence-corrected chi connectivity index (χ0v) is 8.50. The number of aliphatic imine (C=N–C) groups is 1. The van der Waals surface area contributed by atoms with Crippen LogP contribution in [0.15, 0.2) is 17.3 Å². The minimum Gasteiger partial charge on any atom is -0.496 e. The van der Waals surface area contributed by atoms with Crippen LogP contribution >= 0.6 is 0 Å². The van der Waals surface area contributed by atoms with E-state index < -0.39 is 0 Å². The summed E-state index contributed by atoms with van der Waals surface area (Å²) < 4.78 is 4.85. The third-order valence-corrected chi connectivity index (χ3v) is 2.03. The van der Waals surface area contributed by atoms with Crippen LogP contribution in [0.4, 0.5) is 0 Å². The summed E-state index contributed by atoms with van der Waals surface area (Å²) in [6.07, 6.45) is 1.68. The number of rotatable bonds is 5. The lowest BCUT2D eigenvalue weighted by atomic mass is 9.99. The molecule has 70 valence electrons. The van der Waals surface area contributed by atoms with Gasteiger partial charge in [0.15, 0.2) is 0 Å². The molecule has 0 aromatic rings. The van der Waals surface area contributed by atoms with Gasteiger partial charge in [0.05, 0.1) is 13.3 Å². The molecule has 0 N–H and O–H groups in total. The second kappa shape index (κ2) is 5.81. The monoisotopic (exact) mass is 169 g/mol. The van der Waals surface area contributed by atoms with Crippen LogP contribution in [0.2, 0.25) is 0 Å². The highest BCUT2D eigenvalue weighted by atomic mass is 16.5. The fourth-order valence-corrected chi connectivity index (χ4v) is 0.584. The fraction of sp³-hybridized carbons (Fsp3) is 0.700. The number of hydrogen-bond acceptors (Lipinski definition) is 2. The molecule has 0 saturated heterocycles. The van der Waals surface area contributed by atoms with Gasteiger partial charge in [0, 0.05) is 6.54 Å². The summed E-state index contributed by atoms with van der Waals surface area (Å²) in [6, 6.07) is 0. The number of methoxy groups -OCH3 is 1. The van der Waals surface area contributed by atoms with Gasteiger partial charge in [-0.15, -0.1) is 0 Å². The van der Waals surface area contributed by atoms with E-state index in [1.807, 2.05) is 0 Å². The largest absolute Gasteiger partial charge is 0.496 e. The Morgan fingerprint density at radius 1 is 1.50 bits per heavy atom. The minimum atomic E-state index is 0.617. The van der Waals surface area contributed by atoms with Gasteiger partial charge in [-0.05, 0) is 11.8 Å². The van der Waals surface area contributed by atoms with Crippen LogP contribution in [0.25, 0.3) is 0 Å². The molecule has 0 aromatic carbocycles. The number of allylic oxidation sites excluding steroid dienone is 1. The molecule has 0 aromatic heterocycles. The summed E-state index contributed by atoms with van der Waals surface area (Å²) in [6.45, 7) is 11.1. The molecule has 0 spiro atoms. The van der Waals surface area contributed by atoms with Gasteiger partial charge in [-0.1, -0.05) is 27.4 Å². The molecule has 0 aliphatic rings. The lowest BCUT2D eigenvalue weighted by Gasteiger charge is -2.11. The smallest absolute Gasteiger partial charge is 0.129 e. The Labute approximate surface area is 75.3 Å². The van der Waals surface area contributed by atoms with E-state index in [0.29, 0.717) is 17.6 Å². The minimum absolute atomic E-state index is 0.617. The molecule has 0 rings (SSSR count). The topological polar surface area (TPSA) is 21.6 Å². The van der Waals surface area contributed by atoms with Crippen LogP contribution in [-0.2, 0) is 4.74 Å². The second-order valence-corrected chi connectivity index (χ2v) is 3.39.